The third kappa shape index (κ3) is 3.10. The number of aliphatic carboxylic acids is 1. The Hall–Kier alpha value is -0.750. The lowest BCUT2D eigenvalue weighted by atomic mass is 10.3. The van der Waals surface area contributed by atoms with E-state index < -0.39 is 12.0 Å². The van der Waals surface area contributed by atoms with E-state index in [2.05, 4.69) is 10.6 Å². The monoisotopic (exact) mass is 230 g/mol. The van der Waals surface area contributed by atoms with Gasteiger partial charge in [-0.2, -0.15) is 0 Å². The number of thioether (sulfide) groups is 1. The fourth-order valence-corrected chi connectivity index (χ4v) is 2.67. The van der Waals surface area contributed by atoms with Gasteiger partial charge in [0.05, 0.1) is 11.8 Å². The van der Waals surface area contributed by atoms with Crippen molar-refractivity contribution in [1.29, 1.82) is 0 Å². The van der Waals surface area contributed by atoms with E-state index in [4.69, 9.17) is 5.11 Å². The fraction of sp³-hybridized carbons (Fsp3) is 0.778. The maximum atomic E-state index is 11.4. The van der Waals surface area contributed by atoms with Crippen LogP contribution >= 0.6 is 11.8 Å². The second kappa shape index (κ2) is 4.40. The van der Waals surface area contributed by atoms with E-state index in [0.29, 0.717) is 18.2 Å². The molecule has 2 atom stereocenters. The number of carboxylic acids is 1. The van der Waals surface area contributed by atoms with Crippen LogP contribution in [0.2, 0.25) is 0 Å². The average molecular weight is 230 g/mol. The SMILES string of the molecule is O=C(CC1N[C@@H](C(=O)O)CS1)NC1CC1. The number of rotatable bonds is 4. The summed E-state index contributed by atoms with van der Waals surface area (Å²) in [6, 6.07) is -0.132. The lowest BCUT2D eigenvalue weighted by molar-refractivity contribution is -0.138. The van der Waals surface area contributed by atoms with E-state index in [0.717, 1.165) is 12.8 Å². The molecule has 15 heavy (non-hydrogen) atoms. The molecule has 3 N–H and O–H groups in total. The van der Waals surface area contributed by atoms with Gasteiger partial charge in [-0.05, 0) is 12.8 Å². The molecule has 1 saturated carbocycles. The average Bonchev–Trinajstić information content (AvgIpc) is 2.82. The maximum Gasteiger partial charge on any atom is 0.321 e. The van der Waals surface area contributed by atoms with E-state index in [9.17, 15) is 9.59 Å². The van der Waals surface area contributed by atoms with Crippen LogP contribution in [0, 0.1) is 0 Å². The van der Waals surface area contributed by atoms with Crippen LogP contribution in [0.5, 0.6) is 0 Å². The van der Waals surface area contributed by atoms with Crippen molar-refractivity contribution in [2.75, 3.05) is 5.75 Å². The van der Waals surface area contributed by atoms with Crippen LogP contribution in [0.15, 0.2) is 0 Å². The number of hydrogen-bond acceptors (Lipinski definition) is 4. The number of amides is 1. The van der Waals surface area contributed by atoms with Crippen molar-refractivity contribution in [3.05, 3.63) is 0 Å². The summed E-state index contributed by atoms with van der Waals surface area (Å²) in [5.74, 6) is -0.280. The summed E-state index contributed by atoms with van der Waals surface area (Å²) in [5.41, 5.74) is 0. The van der Waals surface area contributed by atoms with Crippen LogP contribution in [0.1, 0.15) is 19.3 Å². The lowest BCUT2D eigenvalue weighted by Gasteiger charge is -2.10. The van der Waals surface area contributed by atoms with Gasteiger partial charge in [0, 0.05) is 11.8 Å². The van der Waals surface area contributed by atoms with Crippen molar-refractivity contribution in [1.82, 2.24) is 10.6 Å². The Balaban J connectivity index is 1.71. The largest absolute Gasteiger partial charge is 0.480 e. The van der Waals surface area contributed by atoms with Crippen molar-refractivity contribution in [2.24, 2.45) is 0 Å². The van der Waals surface area contributed by atoms with Crippen molar-refractivity contribution in [3.8, 4) is 0 Å². The third-order valence-electron chi connectivity index (χ3n) is 2.46. The first-order valence-corrected chi connectivity index (χ1v) is 6.10. The standard InChI is InChI=1S/C9H14N2O3S/c12-7(10-5-1-2-5)3-8-11-6(4-15-8)9(13)14/h5-6,8,11H,1-4H2,(H,10,12)(H,13,14)/t6-,8?/m1/s1. The van der Waals surface area contributed by atoms with Gasteiger partial charge in [-0.1, -0.05) is 0 Å². The molecule has 5 nitrogen and oxygen atoms in total. The fourth-order valence-electron chi connectivity index (χ4n) is 1.48. The normalized spacial score (nSPS) is 30.1. The van der Waals surface area contributed by atoms with E-state index in [1.165, 1.54) is 11.8 Å². The number of carboxylic acid groups (broad SMARTS) is 1. The zero-order chi connectivity index (χ0) is 10.8. The van der Waals surface area contributed by atoms with E-state index in [1.807, 2.05) is 0 Å². The Morgan fingerprint density at radius 1 is 1.47 bits per heavy atom. The van der Waals surface area contributed by atoms with Gasteiger partial charge in [-0.3, -0.25) is 14.9 Å². The Kier molecular flexibility index (Phi) is 3.16. The molecule has 1 aliphatic heterocycles. The highest BCUT2D eigenvalue weighted by molar-refractivity contribution is 8.00. The minimum absolute atomic E-state index is 0.0218. The Morgan fingerprint density at radius 2 is 2.20 bits per heavy atom. The molecule has 6 heteroatoms. The predicted octanol–water partition coefficient (Wildman–Crippen LogP) is -0.229. The number of carbonyl (C=O) groups excluding carboxylic acids is 1. The predicted molar refractivity (Wildman–Crippen MR) is 56.6 cm³/mol. The molecule has 2 rings (SSSR count). The summed E-state index contributed by atoms with van der Waals surface area (Å²) < 4.78 is 0. The zero-order valence-electron chi connectivity index (χ0n) is 8.23. The molecule has 0 aromatic rings. The molecule has 1 aliphatic carbocycles. The van der Waals surface area contributed by atoms with Crippen LogP contribution in [0.25, 0.3) is 0 Å². The highest BCUT2D eigenvalue weighted by Gasteiger charge is 2.31. The Labute approximate surface area is 92.0 Å². The molecule has 0 spiro atoms. The molecule has 1 unspecified atom stereocenters. The van der Waals surface area contributed by atoms with E-state index in [1.54, 1.807) is 0 Å². The molecular formula is C9H14N2O3S. The molecule has 1 heterocycles. The smallest absolute Gasteiger partial charge is 0.321 e. The lowest BCUT2D eigenvalue weighted by Crippen LogP contribution is -2.39. The highest BCUT2D eigenvalue weighted by atomic mass is 32.2. The quantitative estimate of drug-likeness (QED) is 0.622. The molecule has 0 aromatic carbocycles. The Morgan fingerprint density at radius 3 is 2.73 bits per heavy atom. The summed E-state index contributed by atoms with van der Waals surface area (Å²) in [6.07, 6.45) is 2.52. The first-order chi connectivity index (χ1) is 7.15. The highest BCUT2D eigenvalue weighted by Crippen LogP contribution is 2.23. The van der Waals surface area contributed by atoms with Gasteiger partial charge >= 0.3 is 5.97 Å². The molecule has 84 valence electrons. The molecule has 1 saturated heterocycles. The van der Waals surface area contributed by atoms with Gasteiger partial charge in [-0.15, -0.1) is 11.8 Å². The van der Waals surface area contributed by atoms with Gasteiger partial charge in [0.25, 0.3) is 0 Å². The number of hydrogen-bond donors (Lipinski definition) is 3. The van der Waals surface area contributed by atoms with Crippen LogP contribution in [-0.2, 0) is 9.59 Å². The summed E-state index contributed by atoms with van der Waals surface area (Å²) in [5, 5.41) is 14.5. The summed E-state index contributed by atoms with van der Waals surface area (Å²) >= 11 is 1.50. The minimum atomic E-state index is -0.840. The van der Waals surface area contributed by atoms with Crippen LogP contribution in [0.3, 0.4) is 0 Å². The first-order valence-electron chi connectivity index (χ1n) is 5.05. The minimum Gasteiger partial charge on any atom is -0.480 e. The topological polar surface area (TPSA) is 78.4 Å². The second-order valence-electron chi connectivity index (χ2n) is 3.93. The van der Waals surface area contributed by atoms with Crippen molar-refractivity contribution < 1.29 is 14.7 Å². The van der Waals surface area contributed by atoms with Gasteiger partial charge in [0.2, 0.25) is 5.91 Å². The zero-order valence-corrected chi connectivity index (χ0v) is 9.05. The molecule has 1 amide bonds. The molecule has 0 radical (unpaired) electrons. The molecular weight excluding hydrogens is 216 g/mol. The van der Waals surface area contributed by atoms with Gasteiger partial charge in [0.15, 0.2) is 0 Å². The van der Waals surface area contributed by atoms with Gasteiger partial charge in [-0.25, -0.2) is 0 Å². The second-order valence-corrected chi connectivity index (χ2v) is 5.16. The van der Waals surface area contributed by atoms with E-state index in [-0.39, 0.29) is 11.3 Å². The third-order valence-corrected chi connectivity index (χ3v) is 3.69. The van der Waals surface area contributed by atoms with Crippen molar-refractivity contribution >= 4 is 23.6 Å². The van der Waals surface area contributed by atoms with Crippen LogP contribution in [0.4, 0.5) is 0 Å². The maximum absolute atomic E-state index is 11.4. The summed E-state index contributed by atoms with van der Waals surface area (Å²) in [7, 11) is 0. The van der Waals surface area contributed by atoms with Crippen LogP contribution in [-0.4, -0.2) is 40.2 Å². The number of nitrogens with one attached hydrogen (secondary N) is 2. The van der Waals surface area contributed by atoms with Crippen LogP contribution < -0.4 is 10.6 Å². The number of carbonyl (C=O) groups is 2. The molecule has 2 fully saturated rings. The van der Waals surface area contributed by atoms with Gasteiger partial charge in [0.1, 0.15) is 6.04 Å². The van der Waals surface area contributed by atoms with E-state index >= 15 is 0 Å². The summed E-state index contributed by atoms with van der Waals surface area (Å²) in [4.78, 5) is 22.1. The molecule has 2 aliphatic rings. The summed E-state index contributed by atoms with van der Waals surface area (Å²) in [6.45, 7) is 0. The van der Waals surface area contributed by atoms with Gasteiger partial charge < -0.3 is 10.4 Å². The Bertz CT molecular complexity index is 281. The first kappa shape index (κ1) is 10.8. The van der Waals surface area contributed by atoms with Crippen molar-refractivity contribution in [2.45, 2.75) is 36.7 Å². The molecule has 0 bridgehead atoms. The van der Waals surface area contributed by atoms with Crippen molar-refractivity contribution in [3.63, 3.8) is 0 Å². The molecule has 0 aromatic heterocycles.